The summed E-state index contributed by atoms with van der Waals surface area (Å²) in [6, 6.07) is 7.59. The van der Waals surface area contributed by atoms with Crippen LogP contribution in [0.5, 0.6) is 0 Å². The van der Waals surface area contributed by atoms with Crippen molar-refractivity contribution in [1.82, 2.24) is 15.4 Å². The molecular formula is C21H27N3O3S. The predicted molar refractivity (Wildman–Crippen MR) is 109 cm³/mol. The molecule has 28 heavy (non-hydrogen) atoms. The molecule has 3 rings (SSSR count). The summed E-state index contributed by atoms with van der Waals surface area (Å²) in [6.45, 7) is 5.65. The third kappa shape index (κ3) is 5.16. The summed E-state index contributed by atoms with van der Waals surface area (Å²) >= 11 is 1.60. The van der Waals surface area contributed by atoms with Crippen LogP contribution in [0.25, 0.3) is 0 Å². The number of benzene rings is 1. The SMILES string of the molecule is Cc1noc(C)c1CSc1ccccc1C(=O)NCCN1CCCCCC1=O. The second-order valence-corrected chi connectivity index (χ2v) is 8.05. The zero-order valence-electron chi connectivity index (χ0n) is 16.5. The molecule has 1 N–H and O–H groups in total. The first-order valence-corrected chi connectivity index (χ1v) is 10.7. The number of likely N-dealkylation sites (tertiary alicyclic amines) is 1. The zero-order chi connectivity index (χ0) is 19.9. The number of hydrogen-bond donors (Lipinski definition) is 1. The minimum atomic E-state index is -0.107. The second kappa shape index (κ2) is 9.78. The van der Waals surface area contributed by atoms with Crippen LogP contribution in [0, 0.1) is 13.8 Å². The molecule has 1 aromatic carbocycles. The van der Waals surface area contributed by atoms with Crippen LogP contribution in [0.3, 0.4) is 0 Å². The van der Waals surface area contributed by atoms with Gasteiger partial charge in [0.25, 0.3) is 5.91 Å². The van der Waals surface area contributed by atoms with Gasteiger partial charge in [-0.3, -0.25) is 9.59 Å². The third-order valence-corrected chi connectivity index (χ3v) is 6.12. The van der Waals surface area contributed by atoms with E-state index in [9.17, 15) is 9.59 Å². The molecule has 1 fully saturated rings. The Morgan fingerprint density at radius 2 is 2.07 bits per heavy atom. The van der Waals surface area contributed by atoms with Crippen LogP contribution in [0.1, 0.15) is 53.1 Å². The molecular weight excluding hydrogens is 374 g/mol. The van der Waals surface area contributed by atoms with Crippen LogP contribution in [-0.4, -0.2) is 41.5 Å². The van der Waals surface area contributed by atoms with Crippen molar-refractivity contribution in [2.75, 3.05) is 19.6 Å². The second-order valence-electron chi connectivity index (χ2n) is 7.03. The van der Waals surface area contributed by atoms with Crippen LogP contribution in [-0.2, 0) is 10.5 Å². The van der Waals surface area contributed by atoms with E-state index in [1.165, 1.54) is 0 Å². The molecule has 1 saturated heterocycles. The number of hydrogen-bond acceptors (Lipinski definition) is 5. The molecule has 0 aliphatic carbocycles. The number of aryl methyl sites for hydroxylation is 2. The lowest BCUT2D eigenvalue weighted by Crippen LogP contribution is -2.38. The van der Waals surface area contributed by atoms with Crippen LogP contribution in [0.15, 0.2) is 33.7 Å². The van der Waals surface area contributed by atoms with Crippen molar-refractivity contribution in [2.24, 2.45) is 0 Å². The smallest absolute Gasteiger partial charge is 0.252 e. The van der Waals surface area contributed by atoms with Crippen LogP contribution in [0.2, 0.25) is 0 Å². The van der Waals surface area contributed by atoms with Crippen molar-refractivity contribution < 1.29 is 14.1 Å². The van der Waals surface area contributed by atoms with Gasteiger partial charge in [-0.15, -0.1) is 11.8 Å². The molecule has 0 saturated carbocycles. The Hall–Kier alpha value is -2.28. The number of thioether (sulfide) groups is 1. The first-order valence-electron chi connectivity index (χ1n) is 9.76. The average molecular weight is 402 g/mol. The van der Waals surface area contributed by atoms with E-state index in [2.05, 4.69) is 10.5 Å². The Balaban J connectivity index is 1.57. The Labute approximate surface area is 170 Å². The highest BCUT2D eigenvalue weighted by atomic mass is 32.2. The first-order chi connectivity index (χ1) is 13.6. The minimum Gasteiger partial charge on any atom is -0.361 e. The maximum absolute atomic E-state index is 12.7. The Bertz CT molecular complexity index is 815. The number of amides is 2. The first kappa shape index (κ1) is 20.5. The van der Waals surface area contributed by atoms with Gasteiger partial charge in [-0.05, 0) is 38.8 Å². The van der Waals surface area contributed by atoms with Gasteiger partial charge in [0, 0.05) is 42.3 Å². The lowest BCUT2D eigenvalue weighted by molar-refractivity contribution is -0.130. The van der Waals surface area contributed by atoms with Crippen LogP contribution in [0.4, 0.5) is 0 Å². The summed E-state index contributed by atoms with van der Waals surface area (Å²) < 4.78 is 5.21. The topological polar surface area (TPSA) is 75.4 Å². The number of carbonyl (C=O) groups excluding carboxylic acids is 2. The molecule has 1 aliphatic rings. The fourth-order valence-corrected chi connectivity index (χ4v) is 4.52. The normalized spacial score (nSPS) is 14.8. The molecule has 2 amide bonds. The maximum atomic E-state index is 12.7. The van der Waals surface area contributed by atoms with E-state index in [0.29, 0.717) is 30.8 Å². The largest absolute Gasteiger partial charge is 0.361 e. The number of nitrogens with zero attached hydrogens (tertiary/aromatic N) is 2. The van der Waals surface area contributed by atoms with Crippen molar-refractivity contribution in [3.63, 3.8) is 0 Å². The average Bonchev–Trinajstić information content (AvgIpc) is 2.88. The molecule has 150 valence electrons. The van der Waals surface area contributed by atoms with E-state index < -0.39 is 0 Å². The van der Waals surface area contributed by atoms with Crippen molar-refractivity contribution in [1.29, 1.82) is 0 Å². The monoisotopic (exact) mass is 401 g/mol. The number of rotatable bonds is 7. The Kier molecular flexibility index (Phi) is 7.14. The molecule has 1 aliphatic heterocycles. The summed E-state index contributed by atoms with van der Waals surface area (Å²) in [5, 5.41) is 6.95. The van der Waals surface area contributed by atoms with Gasteiger partial charge < -0.3 is 14.7 Å². The zero-order valence-corrected chi connectivity index (χ0v) is 17.3. The van der Waals surface area contributed by atoms with Crippen molar-refractivity contribution in [3.05, 3.63) is 46.8 Å². The summed E-state index contributed by atoms with van der Waals surface area (Å²) in [7, 11) is 0. The van der Waals surface area contributed by atoms with E-state index in [1.54, 1.807) is 11.8 Å². The van der Waals surface area contributed by atoms with Gasteiger partial charge in [0.15, 0.2) is 0 Å². The predicted octanol–water partition coefficient (Wildman–Crippen LogP) is 3.72. The maximum Gasteiger partial charge on any atom is 0.252 e. The van der Waals surface area contributed by atoms with Gasteiger partial charge in [-0.2, -0.15) is 0 Å². The molecule has 2 aromatic rings. The van der Waals surface area contributed by atoms with Crippen molar-refractivity contribution in [3.8, 4) is 0 Å². The molecule has 2 heterocycles. The van der Waals surface area contributed by atoms with E-state index in [1.807, 2.05) is 43.0 Å². The molecule has 7 heteroatoms. The van der Waals surface area contributed by atoms with Gasteiger partial charge >= 0.3 is 0 Å². The number of carbonyl (C=O) groups is 2. The highest BCUT2D eigenvalue weighted by Crippen LogP contribution is 2.28. The molecule has 0 bridgehead atoms. The third-order valence-electron chi connectivity index (χ3n) is 5.02. The molecule has 6 nitrogen and oxygen atoms in total. The van der Waals surface area contributed by atoms with Crippen molar-refractivity contribution >= 4 is 23.6 Å². The van der Waals surface area contributed by atoms with E-state index in [-0.39, 0.29) is 11.8 Å². The fraction of sp³-hybridized carbons (Fsp3) is 0.476. The lowest BCUT2D eigenvalue weighted by Gasteiger charge is -2.20. The van der Waals surface area contributed by atoms with E-state index in [0.717, 1.165) is 47.7 Å². The quantitative estimate of drug-likeness (QED) is 0.716. The fourth-order valence-electron chi connectivity index (χ4n) is 3.31. The van der Waals surface area contributed by atoms with Crippen molar-refractivity contribution in [2.45, 2.75) is 50.2 Å². The Morgan fingerprint density at radius 3 is 2.86 bits per heavy atom. The summed E-state index contributed by atoms with van der Waals surface area (Å²) in [5.74, 6) is 1.61. The standard InChI is InChI=1S/C21H27N3O3S/c1-15-18(16(2)27-23-15)14-28-19-9-6-5-8-17(19)21(26)22-11-13-24-12-7-3-4-10-20(24)25/h5-6,8-9H,3-4,7,10-14H2,1-2H3,(H,22,26). The molecule has 0 spiro atoms. The van der Waals surface area contributed by atoms with Gasteiger partial charge in [-0.25, -0.2) is 0 Å². The van der Waals surface area contributed by atoms with Crippen LogP contribution < -0.4 is 5.32 Å². The van der Waals surface area contributed by atoms with E-state index >= 15 is 0 Å². The summed E-state index contributed by atoms with van der Waals surface area (Å²) in [6.07, 6.45) is 3.73. The van der Waals surface area contributed by atoms with Gasteiger partial charge in [0.05, 0.1) is 11.3 Å². The highest BCUT2D eigenvalue weighted by Gasteiger charge is 2.17. The van der Waals surface area contributed by atoms with Gasteiger partial charge in [-0.1, -0.05) is 23.7 Å². The molecule has 0 radical (unpaired) electrons. The van der Waals surface area contributed by atoms with Gasteiger partial charge in [0.2, 0.25) is 5.91 Å². The molecule has 1 aromatic heterocycles. The highest BCUT2D eigenvalue weighted by molar-refractivity contribution is 7.98. The minimum absolute atomic E-state index is 0.107. The lowest BCUT2D eigenvalue weighted by atomic mass is 10.2. The molecule has 0 unspecified atom stereocenters. The Morgan fingerprint density at radius 1 is 1.25 bits per heavy atom. The van der Waals surface area contributed by atoms with Gasteiger partial charge in [0.1, 0.15) is 5.76 Å². The number of aromatic nitrogens is 1. The van der Waals surface area contributed by atoms with Crippen LogP contribution >= 0.6 is 11.8 Å². The summed E-state index contributed by atoms with van der Waals surface area (Å²) in [5.41, 5.74) is 2.61. The summed E-state index contributed by atoms with van der Waals surface area (Å²) in [4.78, 5) is 27.5. The molecule has 0 atom stereocenters. The number of nitrogens with one attached hydrogen (secondary N) is 1. The van der Waals surface area contributed by atoms with E-state index in [4.69, 9.17) is 4.52 Å².